The van der Waals surface area contributed by atoms with E-state index in [1.165, 1.54) is 19.2 Å². The summed E-state index contributed by atoms with van der Waals surface area (Å²) in [5.74, 6) is 0. The molecule has 8 heteroatoms. The van der Waals surface area contributed by atoms with Crippen molar-refractivity contribution in [3.05, 3.63) is 79.9 Å². The van der Waals surface area contributed by atoms with Crippen LogP contribution < -0.4 is 5.43 Å². The quantitative estimate of drug-likeness (QED) is 0.491. The van der Waals surface area contributed by atoms with Crippen LogP contribution in [-0.4, -0.2) is 16.1 Å². The third-order valence-electron chi connectivity index (χ3n) is 3.14. The number of rotatable bonds is 6. The van der Waals surface area contributed by atoms with Crippen molar-refractivity contribution in [1.82, 2.24) is 0 Å². The molecule has 0 bridgehead atoms. The Hall–Kier alpha value is -3.55. The molecule has 0 saturated carbocycles. The maximum atomic E-state index is 11.1. The fourth-order valence-corrected chi connectivity index (χ4v) is 1.99. The third-order valence-corrected chi connectivity index (χ3v) is 3.14. The van der Waals surface area contributed by atoms with E-state index in [4.69, 9.17) is 0 Å². The molecule has 8 nitrogen and oxygen atoms in total. The molecule has 2 aromatic rings. The van der Waals surface area contributed by atoms with Gasteiger partial charge in [0.1, 0.15) is 5.69 Å². The second-order valence-electron chi connectivity index (χ2n) is 4.83. The fraction of sp³-hybridized carbons (Fsp3) is 0.0625. The number of aryl methyl sites for hydroxylation is 1. The normalized spacial score (nSPS) is 11.0. The molecule has 0 fully saturated rings. The molecule has 0 spiro atoms. The first-order chi connectivity index (χ1) is 11.5. The van der Waals surface area contributed by atoms with E-state index in [2.05, 4.69) is 10.5 Å². The third kappa shape index (κ3) is 4.23. The van der Waals surface area contributed by atoms with Crippen molar-refractivity contribution >= 4 is 29.4 Å². The lowest BCUT2D eigenvalue weighted by atomic mass is 10.1. The molecule has 0 heterocycles. The van der Waals surface area contributed by atoms with Crippen molar-refractivity contribution in [2.75, 3.05) is 5.43 Å². The molecule has 0 aliphatic heterocycles. The van der Waals surface area contributed by atoms with Gasteiger partial charge < -0.3 is 0 Å². The summed E-state index contributed by atoms with van der Waals surface area (Å²) >= 11 is 0. The minimum Gasteiger partial charge on any atom is -0.272 e. The second kappa shape index (κ2) is 7.63. The van der Waals surface area contributed by atoms with Gasteiger partial charge in [0.2, 0.25) is 0 Å². The zero-order chi connectivity index (χ0) is 17.5. The summed E-state index contributed by atoms with van der Waals surface area (Å²) in [6, 6.07) is 11.8. The van der Waals surface area contributed by atoms with Gasteiger partial charge in [0, 0.05) is 11.8 Å². The Morgan fingerprint density at radius 1 is 1.04 bits per heavy atom. The highest BCUT2D eigenvalue weighted by atomic mass is 16.6. The number of nitro groups is 2. The van der Waals surface area contributed by atoms with Gasteiger partial charge in [-0.15, -0.1) is 0 Å². The van der Waals surface area contributed by atoms with E-state index in [1.54, 1.807) is 6.08 Å². The van der Waals surface area contributed by atoms with Gasteiger partial charge in [-0.2, -0.15) is 5.10 Å². The number of nitrogens with zero attached hydrogens (tertiary/aromatic N) is 3. The van der Waals surface area contributed by atoms with Crippen LogP contribution >= 0.6 is 0 Å². The molecular weight excluding hydrogens is 312 g/mol. The average Bonchev–Trinajstić information content (AvgIpc) is 2.55. The first-order valence-corrected chi connectivity index (χ1v) is 6.93. The Morgan fingerprint density at radius 2 is 1.71 bits per heavy atom. The van der Waals surface area contributed by atoms with Crippen molar-refractivity contribution in [3.8, 4) is 0 Å². The van der Waals surface area contributed by atoms with Crippen LogP contribution in [0.5, 0.6) is 0 Å². The summed E-state index contributed by atoms with van der Waals surface area (Å²) in [4.78, 5) is 20.6. The van der Waals surface area contributed by atoms with Gasteiger partial charge in [-0.1, -0.05) is 36.4 Å². The summed E-state index contributed by atoms with van der Waals surface area (Å²) in [5.41, 5.74) is 3.22. The highest BCUT2D eigenvalue weighted by Crippen LogP contribution is 2.32. The topological polar surface area (TPSA) is 111 Å². The standard InChI is InChI=1S/C16H14N4O4/c1-12-10-14(16(20(23)24)11-15(12)19(21)22)18-17-9-5-8-13-6-3-2-4-7-13/h2-11,18H,1H3/b8-5+,17-9+. The van der Waals surface area contributed by atoms with Crippen LogP contribution in [0.25, 0.3) is 6.08 Å². The van der Waals surface area contributed by atoms with Crippen LogP contribution in [0.2, 0.25) is 0 Å². The Bertz CT molecular complexity index is 816. The van der Waals surface area contributed by atoms with E-state index >= 15 is 0 Å². The number of hydrogen-bond acceptors (Lipinski definition) is 6. The summed E-state index contributed by atoms with van der Waals surface area (Å²) < 4.78 is 0. The number of allylic oxidation sites excluding steroid dienone is 1. The molecule has 2 aromatic carbocycles. The maximum absolute atomic E-state index is 11.1. The lowest BCUT2D eigenvalue weighted by molar-refractivity contribution is -0.394. The van der Waals surface area contributed by atoms with Gasteiger partial charge in [-0.05, 0) is 24.6 Å². The molecule has 0 amide bonds. The van der Waals surface area contributed by atoms with Crippen LogP contribution in [-0.2, 0) is 0 Å². The van der Waals surface area contributed by atoms with Crippen molar-refractivity contribution in [2.45, 2.75) is 6.92 Å². The van der Waals surface area contributed by atoms with Gasteiger partial charge in [-0.3, -0.25) is 25.7 Å². The number of benzene rings is 2. The van der Waals surface area contributed by atoms with E-state index in [1.807, 2.05) is 36.4 Å². The zero-order valence-electron chi connectivity index (χ0n) is 12.7. The van der Waals surface area contributed by atoms with Gasteiger partial charge in [0.25, 0.3) is 5.69 Å². The molecule has 122 valence electrons. The summed E-state index contributed by atoms with van der Waals surface area (Å²) in [7, 11) is 0. The lowest BCUT2D eigenvalue weighted by Crippen LogP contribution is -2.00. The van der Waals surface area contributed by atoms with Crippen molar-refractivity contribution in [1.29, 1.82) is 0 Å². The smallest absolute Gasteiger partial charge is 0.272 e. The van der Waals surface area contributed by atoms with Crippen LogP contribution in [0.1, 0.15) is 11.1 Å². The Balaban J connectivity index is 2.15. The number of anilines is 1. The predicted molar refractivity (Wildman–Crippen MR) is 92.1 cm³/mol. The molecule has 0 aliphatic rings. The van der Waals surface area contributed by atoms with Crippen LogP contribution in [0.4, 0.5) is 17.1 Å². The van der Waals surface area contributed by atoms with Gasteiger partial charge in [0.05, 0.1) is 15.9 Å². The number of hydrogen-bond donors (Lipinski definition) is 1. The van der Waals surface area contributed by atoms with Crippen molar-refractivity contribution in [3.63, 3.8) is 0 Å². The molecular formula is C16H14N4O4. The zero-order valence-corrected chi connectivity index (χ0v) is 12.7. The number of hydrazone groups is 1. The predicted octanol–water partition coefficient (Wildman–Crippen LogP) is 3.92. The van der Waals surface area contributed by atoms with Gasteiger partial charge >= 0.3 is 5.69 Å². The van der Waals surface area contributed by atoms with Crippen LogP contribution in [0.3, 0.4) is 0 Å². The largest absolute Gasteiger partial charge is 0.301 e. The Labute approximate surface area is 137 Å². The minimum atomic E-state index is -0.690. The molecule has 24 heavy (non-hydrogen) atoms. The van der Waals surface area contributed by atoms with Gasteiger partial charge in [0.15, 0.2) is 0 Å². The molecule has 2 rings (SSSR count). The van der Waals surface area contributed by atoms with E-state index in [0.717, 1.165) is 11.6 Å². The fourth-order valence-electron chi connectivity index (χ4n) is 1.99. The van der Waals surface area contributed by atoms with Crippen LogP contribution in [0, 0.1) is 27.2 Å². The van der Waals surface area contributed by atoms with Crippen LogP contribution in [0.15, 0.2) is 53.6 Å². The first-order valence-electron chi connectivity index (χ1n) is 6.93. The Kier molecular flexibility index (Phi) is 5.35. The summed E-state index contributed by atoms with van der Waals surface area (Å²) in [6.45, 7) is 1.51. The number of nitrogens with one attached hydrogen (secondary N) is 1. The number of nitro benzene ring substituents is 2. The monoisotopic (exact) mass is 326 g/mol. The molecule has 0 atom stereocenters. The van der Waals surface area contributed by atoms with E-state index in [0.29, 0.717) is 5.56 Å². The molecule has 0 radical (unpaired) electrons. The highest BCUT2D eigenvalue weighted by Gasteiger charge is 2.22. The van der Waals surface area contributed by atoms with Crippen molar-refractivity contribution < 1.29 is 9.85 Å². The van der Waals surface area contributed by atoms with E-state index in [-0.39, 0.29) is 11.4 Å². The van der Waals surface area contributed by atoms with E-state index < -0.39 is 15.5 Å². The SMILES string of the molecule is Cc1cc(N/N=C/C=C/c2ccccc2)c([N+](=O)[O-])cc1[N+](=O)[O-]. The molecule has 1 N–H and O–H groups in total. The summed E-state index contributed by atoms with van der Waals surface area (Å²) in [6.07, 6.45) is 4.93. The Morgan fingerprint density at radius 3 is 2.33 bits per heavy atom. The molecule has 0 aliphatic carbocycles. The molecule has 0 aromatic heterocycles. The maximum Gasteiger partial charge on any atom is 0.301 e. The summed E-state index contributed by atoms with van der Waals surface area (Å²) in [5, 5.41) is 25.8. The lowest BCUT2D eigenvalue weighted by Gasteiger charge is -2.04. The van der Waals surface area contributed by atoms with Gasteiger partial charge in [-0.25, -0.2) is 0 Å². The highest BCUT2D eigenvalue weighted by molar-refractivity contribution is 5.79. The molecule has 0 saturated heterocycles. The second-order valence-corrected chi connectivity index (χ2v) is 4.83. The van der Waals surface area contributed by atoms with Crippen molar-refractivity contribution in [2.24, 2.45) is 5.10 Å². The van der Waals surface area contributed by atoms with E-state index in [9.17, 15) is 20.2 Å². The minimum absolute atomic E-state index is 0.0902. The average molecular weight is 326 g/mol. The molecule has 0 unspecified atom stereocenters. The first kappa shape index (κ1) is 16.8.